The van der Waals surface area contributed by atoms with Gasteiger partial charge in [-0.15, -0.1) is 0 Å². The number of pyridine rings is 2. The van der Waals surface area contributed by atoms with Crippen molar-refractivity contribution in [1.82, 2.24) is 9.97 Å². The molecule has 0 spiro atoms. The van der Waals surface area contributed by atoms with Crippen molar-refractivity contribution in [2.45, 2.75) is 9.92 Å². The maximum absolute atomic E-state index is 12.1. The zero-order valence-corrected chi connectivity index (χ0v) is 13.9. The molecule has 0 bridgehead atoms. The molecule has 2 aromatic rings. The average Bonchev–Trinajstić information content (AvgIpc) is 2.38. The second-order valence-corrected chi connectivity index (χ2v) is 8.66. The van der Waals surface area contributed by atoms with Crippen LogP contribution in [0.25, 0.3) is 0 Å². The summed E-state index contributed by atoms with van der Waals surface area (Å²) in [6.07, 6.45) is 4.82. The van der Waals surface area contributed by atoms with E-state index >= 15 is 0 Å². The number of halogens is 1. The van der Waals surface area contributed by atoms with Gasteiger partial charge in [-0.2, -0.15) is 0 Å². The van der Waals surface area contributed by atoms with Crippen LogP contribution in [0.15, 0.2) is 51.2 Å². The summed E-state index contributed by atoms with van der Waals surface area (Å²) in [7, 11) is -7.24. The Morgan fingerprint density at radius 2 is 1.81 bits per heavy atom. The first kappa shape index (κ1) is 15.9. The molecule has 0 saturated heterocycles. The minimum atomic E-state index is -3.82. The predicted octanol–water partition coefficient (Wildman–Crippen LogP) is 1.44. The van der Waals surface area contributed by atoms with E-state index in [1.165, 1.54) is 30.6 Å². The SMILES string of the molecule is CS(=O)(=O)c1ccc(NS(=O)(=O)c2cncc(Br)c2)cn1. The maximum atomic E-state index is 12.1. The van der Waals surface area contributed by atoms with Crippen LogP contribution in [0.2, 0.25) is 0 Å². The Balaban J connectivity index is 2.29. The predicted molar refractivity (Wildman–Crippen MR) is 80.1 cm³/mol. The standard InChI is InChI=1S/C11H10BrN3O4S2/c1-20(16,17)11-3-2-9(6-14-11)15-21(18,19)10-4-8(12)5-13-7-10/h2-7,15H,1H3. The molecule has 2 rings (SSSR count). The lowest BCUT2D eigenvalue weighted by Crippen LogP contribution is -2.13. The van der Waals surface area contributed by atoms with Crippen molar-refractivity contribution >= 4 is 41.5 Å². The Kier molecular flexibility index (Phi) is 4.30. The summed E-state index contributed by atoms with van der Waals surface area (Å²) in [6.45, 7) is 0. The molecule has 0 unspecified atom stereocenters. The first-order chi connectivity index (χ1) is 9.68. The molecule has 0 aromatic carbocycles. The number of hydrogen-bond acceptors (Lipinski definition) is 6. The zero-order chi connectivity index (χ0) is 15.7. The summed E-state index contributed by atoms with van der Waals surface area (Å²) in [5.74, 6) is 0. The molecular weight excluding hydrogens is 382 g/mol. The molecule has 1 N–H and O–H groups in total. The van der Waals surface area contributed by atoms with E-state index in [1.54, 1.807) is 0 Å². The van der Waals surface area contributed by atoms with Gasteiger partial charge in [-0.1, -0.05) is 0 Å². The number of nitrogens with one attached hydrogen (secondary N) is 1. The molecule has 112 valence electrons. The Morgan fingerprint density at radius 3 is 2.33 bits per heavy atom. The molecule has 0 amide bonds. The Labute approximate surface area is 130 Å². The molecule has 0 saturated carbocycles. The van der Waals surface area contributed by atoms with E-state index < -0.39 is 19.9 Å². The highest BCUT2D eigenvalue weighted by molar-refractivity contribution is 9.10. The van der Waals surface area contributed by atoms with Gasteiger partial charge in [0.1, 0.15) is 4.90 Å². The fourth-order valence-electron chi connectivity index (χ4n) is 1.41. The van der Waals surface area contributed by atoms with Crippen LogP contribution in [-0.4, -0.2) is 33.1 Å². The van der Waals surface area contributed by atoms with Crippen molar-refractivity contribution in [3.63, 3.8) is 0 Å². The van der Waals surface area contributed by atoms with Crippen LogP contribution >= 0.6 is 15.9 Å². The van der Waals surface area contributed by atoms with Gasteiger partial charge in [-0.05, 0) is 34.1 Å². The molecular formula is C11H10BrN3O4S2. The molecule has 0 aliphatic carbocycles. The summed E-state index contributed by atoms with van der Waals surface area (Å²) in [5.41, 5.74) is 0.155. The van der Waals surface area contributed by atoms with Gasteiger partial charge in [0.15, 0.2) is 14.9 Å². The molecule has 2 aromatic heterocycles. The van der Waals surface area contributed by atoms with Gasteiger partial charge >= 0.3 is 0 Å². The number of nitrogens with zero attached hydrogens (tertiary/aromatic N) is 2. The van der Waals surface area contributed by atoms with Gasteiger partial charge in [0.25, 0.3) is 10.0 Å². The highest BCUT2D eigenvalue weighted by Crippen LogP contribution is 2.18. The van der Waals surface area contributed by atoms with E-state index in [9.17, 15) is 16.8 Å². The van der Waals surface area contributed by atoms with Gasteiger partial charge in [0.2, 0.25) is 0 Å². The summed E-state index contributed by atoms with van der Waals surface area (Å²) >= 11 is 3.14. The Bertz CT molecular complexity index is 865. The topological polar surface area (TPSA) is 106 Å². The smallest absolute Gasteiger partial charge is 0.263 e. The quantitative estimate of drug-likeness (QED) is 0.844. The van der Waals surface area contributed by atoms with Crippen molar-refractivity contribution in [3.8, 4) is 0 Å². The van der Waals surface area contributed by atoms with Gasteiger partial charge < -0.3 is 0 Å². The first-order valence-corrected chi connectivity index (χ1v) is 9.65. The average molecular weight is 392 g/mol. The lowest BCUT2D eigenvalue weighted by atomic mass is 10.4. The monoisotopic (exact) mass is 391 g/mol. The molecule has 0 aliphatic heterocycles. The van der Waals surface area contributed by atoms with Crippen LogP contribution in [-0.2, 0) is 19.9 Å². The van der Waals surface area contributed by atoms with Crippen molar-refractivity contribution in [3.05, 3.63) is 41.3 Å². The highest BCUT2D eigenvalue weighted by atomic mass is 79.9. The number of sulfone groups is 1. The van der Waals surface area contributed by atoms with Crippen LogP contribution in [0.4, 0.5) is 5.69 Å². The van der Waals surface area contributed by atoms with E-state index in [0.717, 1.165) is 12.5 Å². The lowest BCUT2D eigenvalue weighted by Gasteiger charge is -2.08. The van der Waals surface area contributed by atoms with Crippen LogP contribution in [0.1, 0.15) is 0 Å². The molecule has 21 heavy (non-hydrogen) atoms. The third-order valence-electron chi connectivity index (χ3n) is 2.36. The third-order valence-corrected chi connectivity index (χ3v) is 5.14. The third kappa shape index (κ3) is 3.99. The van der Waals surface area contributed by atoms with Gasteiger partial charge in [-0.3, -0.25) is 9.71 Å². The van der Waals surface area contributed by atoms with Crippen LogP contribution in [0.5, 0.6) is 0 Å². The van der Waals surface area contributed by atoms with E-state index in [1.807, 2.05) is 0 Å². The molecule has 0 aliphatic rings. The summed E-state index contributed by atoms with van der Waals surface area (Å²) < 4.78 is 49.6. The van der Waals surface area contributed by atoms with Crippen LogP contribution in [0.3, 0.4) is 0 Å². The number of aromatic nitrogens is 2. The molecule has 0 radical (unpaired) electrons. The van der Waals surface area contributed by atoms with Gasteiger partial charge in [0.05, 0.1) is 11.9 Å². The number of anilines is 1. The van der Waals surface area contributed by atoms with E-state index in [4.69, 9.17) is 0 Å². The van der Waals surface area contributed by atoms with E-state index in [0.29, 0.717) is 4.47 Å². The van der Waals surface area contributed by atoms with Crippen LogP contribution in [0, 0.1) is 0 Å². The van der Waals surface area contributed by atoms with Gasteiger partial charge in [0, 0.05) is 23.1 Å². The lowest BCUT2D eigenvalue weighted by molar-refractivity contribution is 0.598. The highest BCUT2D eigenvalue weighted by Gasteiger charge is 2.16. The summed E-state index contributed by atoms with van der Waals surface area (Å²) in [6, 6.07) is 3.95. The summed E-state index contributed by atoms with van der Waals surface area (Å²) in [4.78, 5) is 7.46. The van der Waals surface area contributed by atoms with Crippen molar-refractivity contribution in [2.75, 3.05) is 11.0 Å². The second-order valence-electron chi connectivity index (χ2n) is 4.10. The minimum Gasteiger partial charge on any atom is -0.278 e. The van der Waals surface area contributed by atoms with Crippen molar-refractivity contribution < 1.29 is 16.8 Å². The van der Waals surface area contributed by atoms with E-state index in [2.05, 4.69) is 30.6 Å². The largest absolute Gasteiger partial charge is 0.278 e. The molecule has 2 heterocycles. The second kappa shape index (κ2) is 5.70. The molecule has 7 nitrogen and oxygen atoms in total. The van der Waals surface area contributed by atoms with Crippen molar-refractivity contribution in [2.24, 2.45) is 0 Å². The molecule has 0 fully saturated rings. The normalized spacial score (nSPS) is 12.1. The fourth-order valence-corrected chi connectivity index (χ4v) is 3.52. The molecule has 0 atom stereocenters. The zero-order valence-electron chi connectivity index (χ0n) is 10.7. The Morgan fingerprint density at radius 1 is 1.10 bits per heavy atom. The van der Waals surface area contributed by atoms with Gasteiger partial charge in [-0.25, -0.2) is 21.8 Å². The summed E-state index contributed by atoms with van der Waals surface area (Å²) in [5, 5.41) is -0.130. The Hall–Kier alpha value is -1.52. The fraction of sp³-hybridized carbons (Fsp3) is 0.0909. The van der Waals surface area contributed by atoms with Crippen LogP contribution < -0.4 is 4.72 Å². The number of hydrogen-bond donors (Lipinski definition) is 1. The number of rotatable bonds is 4. The molecule has 10 heteroatoms. The number of sulfonamides is 1. The van der Waals surface area contributed by atoms with E-state index in [-0.39, 0.29) is 15.6 Å². The maximum Gasteiger partial charge on any atom is 0.263 e. The first-order valence-electron chi connectivity index (χ1n) is 5.48. The minimum absolute atomic E-state index is 0.0240. The van der Waals surface area contributed by atoms with Crippen molar-refractivity contribution in [1.29, 1.82) is 0 Å².